The second-order valence-electron chi connectivity index (χ2n) is 6.82. The number of carbonyl (C=O) groups excluding carboxylic acids is 2. The van der Waals surface area contributed by atoms with Crippen LogP contribution >= 0.6 is 0 Å². The van der Waals surface area contributed by atoms with Gasteiger partial charge in [0.2, 0.25) is 5.91 Å². The van der Waals surface area contributed by atoms with Gasteiger partial charge in [0.1, 0.15) is 6.04 Å². The maximum atomic E-state index is 12.0. The first-order valence-electron chi connectivity index (χ1n) is 9.49. The van der Waals surface area contributed by atoms with Crippen molar-refractivity contribution in [2.75, 3.05) is 0 Å². The van der Waals surface area contributed by atoms with Crippen molar-refractivity contribution in [3.05, 3.63) is 0 Å². The molecule has 0 heterocycles. The average molecular weight is 325 g/mol. The molecule has 1 rings (SSSR count). The van der Waals surface area contributed by atoms with Gasteiger partial charge in [-0.1, -0.05) is 71.1 Å². The Labute approximate surface area is 141 Å². The molecule has 0 aromatic rings. The van der Waals surface area contributed by atoms with Crippen LogP contribution in [0.1, 0.15) is 90.4 Å². The highest BCUT2D eigenvalue weighted by Gasteiger charge is 2.20. The lowest BCUT2D eigenvalue weighted by Gasteiger charge is -2.24. The molecule has 134 valence electrons. The summed E-state index contributed by atoms with van der Waals surface area (Å²) in [6, 6.07) is -0.547. The van der Waals surface area contributed by atoms with E-state index in [9.17, 15) is 9.59 Å². The van der Waals surface area contributed by atoms with Crippen LogP contribution in [0.25, 0.3) is 0 Å². The molecular weight excluding hydrogens is 290 g/mol. The second-order valence-corrected chi connectivity index (χ2v) is 6.82. The fourth-order valence-corrected chi connectivity index (χ4v) is 3.22. The monoisotopic (exact) mass is 325 g/mol. The zero-order valence-corrected chi connectivity index (χ0v) is 14.7. The molecule has 0 aromatic carbocycles. The third-order valence-corrected chi connectivity index (χ3v) is 4.69. The molecule has 0 aliphatic heterocycles. The van der Waals surface area contributed by atoms with Gasteiger partial charge in [0.25, 0.3) is 0 Å². The number of unbranched alkanes of at least 4 members (excludes halogenated alkanes) is 6. The minimum atomic E-state index is -0.547. The second kappa shape index (κ2) is 12.2. The molecule has 23 heavy (non-hydrogen) atoms. The molecule has 1 aliphatic carbocycles. The number of hydrogen-bond donors (Lipinski definition) is 3. The van der Waals surface area contributed by atoms with E-state index in [1.54, 1.807) is 0 Å². The molecule has 1 saturated carbocycles. The summed E-state index contributed by atoms with van der Waals surface area (Å²) in [6.45, 7) is 2.21. The molecule has 5 heteroatoms. The van der Waals surface area contributed by atoms with Gasteiger partial charge >= 0.3 is 6.03 Å². The van der Waals surface area contributed by atoms with Gasteiger partial charge in [-0.05, 0) is 19.3 Å². The maximum Gasteiger partial charge on any atom is 0.315 e. The van der Waals surface area contributed by atoms with Crippen LogP contribution < -0.4 is 16.4 Å². The van der Waals surface area contributed by atoms with Crippen LogP contribution in [-0.4, -0.2) is 24.0 Å². The van der Waals surface area contributed by atoms with Crippen molar-refractivity contribution < 1.29 is 9.59 Å². The Morgan fingerprint density at radius 1 is 1.00 bits per heavy atom. The smallest absolute Gasteiger partial charge is 0.315 e. The molecule has 0 radical (unpaired) electrons. The molecule has 1 fully saturated rings. The van der Waals surface area contributed by atoms with Crippen molar-refractivity contribution in [3.63, 3.8) is 0 Å². The molecule has 4 N–H and O–H groups in total. The zero-order valence-electron chi connectivity index (χ0n) is 14.7. The van der Waals surface area contributed by atoms with E-state index >= 15 is 0 Å². The molecule has 1 aliphatic rings. The first-order chi connectivity index (χ1) is 11.1. The summed E-state index contributed by atoms with van der Waals surface area (Å²) in [7, 11) is 0. The normalized spacial score (nSPS) is 16.7. The lowest BCUT2D eigenvalue weighted by molar-refractivity contribution is -0.119. The van der Waals surface area contributed by atoms with Gasteiger partial charge in [-0.3, -0.25) is 4.79 Å². The summed E-state index contributed by atoms with van der Waals surface area (Å²) in [5.41, 5.74) is 5.42. The van der Waals surface area contributed by atoms with Crippen LogP contribution in [-0.2, 0) is 4.79 Å². The first kappa shape index (κ1) is 19.8. The quantitative estimate of drug-likeness (QED) is 0.507. The molecule has 5 nitrogen and oxygen atoms in total. The first-order valence-corrected chi connectivity index (χ1v) is 9.49. The van der Waals surface area contributed by atoms with E-state index < -0.39 is 11.9 Å². The maximum absolute atomic E-state index is 12.0. The number of rotatable bonds is 11. The summed E-state index contributed by atoms with van der Waals surface area (Å²) in [5, 5.41) is 5.72. The lowest BCUT2D eigenvalue weighted by atomic mass is 9.96. The summed E-state index contributed by atoms with van der Waals surface area (Å²) in [6.07, 6.45) is 14.6. The molecule has 1 unspecified atom stereocenters. The van der Waals surface area contributed by atoms with Gasteiger partial charge in [0.15, 0.2) is 0 Å². The Balaban J connectivity index is 2.17. The molecule has 1 atom stereocenters. The zero-order chi connectivity index (χ0) is 16.9. The fourth-order valence-electron chi connectivity index (χ4n) is 3.22. The summed E-state index contributed by atoms with van der Waals surface area (Å²) in [4.78, 5) is 23.5. The number of nitrogens with two attached hydrogens (primary N) is 1. The molecule has 3 amide bonds. The third kappa shape index (κ3) is 9.47. The van der Waals surface area contributed by atoms with E-state index in [0.717, 1.165) is 25.7 Å². The van der Waals surface area contributed by atoms with E-state index in [-0.39, 0.29) is 12.1 Å². The van der Waals surface area contributed by atoms with Crippen molar-refractivity contribution in [3.8, 4) is 0 Å². The van der Waals surface area contributed by atoms with E-state index in [4.69, 9.17) is 5.73 Å². The summed E-state index contributed by atoms with van der Waals surface area (Å²) < 4.78 is 0. The van der Waals surface area contributed by atoms with Crippen molar-refractivity contribution in [1.29, 1.82) is 0 Å². The average Bonchev–Trinajstić information content (AvgIpc) is 2.53. The van der Waals surface area contributed by atoms with Gasteiger partial charge in [0, 0.05) is 6.04 Å². The molecular formula is C18H35N3O2. The van der Waals surface area contributed by atoms with Gasteiger partial charge in [-0.25, -0.2) is 4.79 Å². The predicted molar refractivity (Wildman–Crippen MR) is 94.1 cm³/mol. The minimum absolute atomic E-state index is 0.246. The van der Waals surface area contributed by atoms with Crippen LogP contribution in [0.3, 0.4) is 0 Å². The molecule has 0 saturated heterocycles. The van der Waals surface area contributed by atoms with Gasteiger partial charge in [-0.2, -0.15) is 0 Å². The highest BCUT2D eigenvalue weighted by molar-refractivity contribution is 5.85. The number of amides is 3. The van der Waals surface area contributed by atoms with E-state index in [0.29, 0.717) is 6.42 Å². The van der Waals surface area contributed by atoms with Crippen molar-refractivity contribution >= 4 is 11.9 Å². The van der Waals surface area contributed by atoms with Crippen LogP contribution in [0.4, 0.5) is 4.79 Å². The number of urea groups is 1. The highest BCUT2D eigenvalue weighted by atomic mass is 16.2. The Morgan fingerprint density at radius 3 is 2.22 bits per heavy atom. The van der Waals surface area contributed by atoms with Crippen molar-refractivity contribution in [1.82, 2.24) is 10.6 Å². The van der Waals surface area contributed by atoms with Crippen LogP contribution in [0.2, 0.25) is 0 Å². The SMILES string of the molecule is CCCCCCCCCC(NC(=O)NC1CCCCC1)C(N)=O. The number of carbonyl (C=O) groups is 2. The largest absolute Gasteiger partial charge is 0.368 e. The number of nitrogens with one attached hydrogen (secondary N) is 2. The van der Waals surface area contributed by atoms with Crippen LogP contribution in [0, 0.1) is 0 Å². The minimum Gasteiger partial charge on any atom is -0.368 e. The fraction of sp³-hybridized carbons (Fsp3) is 0.889. The summed E-state index contributed by atoms with van der Waals surface area (Å²) >= 11 is 0. The third-order valence-electron chi connectivity index (χ3n) is 4.69. The number of primary amides is 1. The van der Waals surface area contributed by atoms with Gasteiger partial charge < -0.3 is 16.4 Å². The van der Waals surface area contributed by atoms with E-state index in [1.807, 2.05) is 0 Å². The Hall–Kier alpha value is -1.26. The topological polar surface area (TPSA) is 84.2 Å². The van der Waals surface area contributed by atoms with E-state index in [2.05, 4.69) is 17.6 Å². The van der Waals surface area contributed by atoms with E-state index in [1.165, 1.54) is 51.4 Å². The number of hydrogen-bond acceptors (Lipinski definition) is 2. The Bertz CT molecular complexity index is 341. The van der Waals surface area contributed by atoms with Crippen molar-refractivity contribution in [2.45, 2.75) is 102 Å². The van der Waals surface area contributed by atoms with Gasteiger partial charge in [0.05, 0.1) is 0 Å². The van der Waals surface area contributed by atoms with Crippen LogP contribution in [0.5, 0.6) is 0 Å². The molecule has 0 spiro atoms. The standard InChI is InChI=1S/C18H35N3O2/c1-2-3-4-5-6-7-11-14-16(17(19)22)21-18(23)20-15-12-9-8-10-13-15/h15-16H,2-14H2,1H3,(H2,19,22)(H2,20,21,23). The van der Waals surface area contributed by atoms with Gasteiger partial charge in [-0.15, -0.1) is 0 Å². The molecule has 0 aromatic heterocycles. The van der Waals surface area contributed by atoms with Crippen molar-refractivity contribution in [2.24, 2.45) is 5.73 Å². The highest BCUT2D eigenvalue weighted by Crippen LogP contribution is 2.17. The Kier molecular flexibility index (Phi) is 10.5. The Morgan fingerprint density at radius 2 is 1.61 bits per heavy atom. The predicted octanol–water partition coefficient (Wildman–Crippen LogP) is 3.61. The lowest BCUT2D eigenvalue weighted by Crippen LogP contribution is -2.51. The molecule has 0 bridgehead atoms. The summed E-state index contributed by atoms with van der Waals surface area (Å²) in [5.74, 6) is -0.435. The van der Waals surface area contributed by atoms with Crippen LogP contribution in [0.15, 0.2) is 0 Å².